The lowest BCUT2D eigenvalue weighted by molar-refractivity contribution is 0.300. The molecule has 7 nitrogen and oxygen atoms in total. The Balaban J connectivity index is 1.46. The van der Waals surface area contributed by atoms with Crippen LogP contribution in [0.25, 0.3) is 11.1 Å². The lowest BCUT2D eigenvalue weighted by atomic mass is 10.1. The number of pyridine rings is 1. The van der Waals surface area contributed by atoms with E-state index >= 15 is 0 Å². The normalized spacial score (nSPS) is 13.7. The third kappa shape index (κ3) is 5.89. The van der Waals surface area contributed by atoms with E-state index in [-0.39, 0.29) is 40.7 Å². The van der Waals surface area contributed by atoms with Crippen LogP contribution in [-0.2, 0) is 16.6 Å². The van der Waals surface area contributed by atoms with E-state index in [0.29, 0.717) is 11.3 Å². The van der Waals surface area contributed by atoms with Crippen LogP contribution < -0.4 is 20.5 Å². The summed E-state index contributed by atoms with van der Waals surface area (Å²) in [5.41, 5.74) is 7.52. The molecule has 1 saturated carbocycles. The molecule has 1 aliphatic carbocycles. The van der Waals surface area contributed by atoms with Crippen molar-refractivity contribution in [2.24, 2.45) is 0 Å². The van der Waals surface area contributed by atoms with Crippen LogP contribution >= 0.6 is 11.6 Å². The van der Waals surface area contributed by atoms with Crippen LogP contribution in [0.3, 0.4) is 0 Å². The Kier molecular flexibility index (Phi) is 6.68. The number of benzene rings is 2. The monoisotopic (exact) mass is 494 g/mol. The van der Waals surface area contributed by atoms with Crippen molar-refractivity contribution in [3.05, 3.63) is 70.9 Å². The second-order valence-electron chi connectivity index (χ2n) is 7.63. The van der Waals surface area contributed by atoms with E-state index in [2.05, 4.69) is 15.0 Å². The first kappa shape index (κ1) is 23.2. The van der Waals surface area contributed by atoms with Crippen molar-refractivity contribution >= 4 is 33.1 Å². The smallest absolute Gasteiger partial charge is 0.245 e. The Bertz CT molecular complexity index is 1270. The molecule has 0 spiro atoms. The van der Waals surface area contributed by atoms with Crippen molar-refractivity contribution in [2.75, 3.05) is 16.3 Å². The molecule has 1 heterocycles. The topological polar surface area (TPSA) is 106 Å². The van der Waals surface area contributed by atoms with E-state index in [4.69, 9.17) is 22.1 Å². The number of anilines is 2. The molecule has 0 atom stereocenters. The van der Waals surface area contributed by atoms with Gasteiger partial charge in [-0.15, -0.1) is 0 Å². The number of hydrogen-bond acceptors (Lipinski definition) is 6. The lowest BCUT2D eigenvalue weighted by Gasteiger charge is -2.13. The maximum absolute atomic E-state index is 14.0. The predicted octanol–water partition coefficient (Wildman–Crippen LogP) is 4.29. The summed E-state index contributed by atoms with van der Waals surface area (Å²) in [7, 11) is -3.50. The summed E-state index contributed by atoms with van der Waals surface area (Å²) in [6.45, 7) is -0.340. The average molecular weight is 495 g/mol. The number of sulfonamides is 1. The molecule has 0 bridgehead atoms. The summed E-state index contributed by atoms with van der Waals surface area (Å²) >= 11 is 5.84. The molecule has 0 amide bonds. The predicted molar refractivity (Wildman–Crippen MR) is 123 cm³/mol. The third-order valence-electron chi connectivity index (χ3n) is 5.02. The van der Waals surface area contributed by atoms with Crippen LogP contribution in [-0.4, -0.2) is 25.3 Å². The van der Waals surface area contributed by atoms with Gasteiger partial charge in [-0.2, -0.15) is 0 Å². The number of rotatable bonds is 9. The van der Waals surface area contributed by atoms with E-state index in [9.17, 15) is 17.2 Å². The maximum atomic E-state index is 14.0. The Morgan fingerprint density at radius 1 is 1.09 bits per heavy atom. The number of halogens is 3. The quantitative estimate of drug-likeness (QED) is 0.383. The highest BCUT2D eigenvalue weighted by molar-refractivity contribution is 7.92. The summed E-state index contributed by atoms with van der Waals surface area (Å²) in [4.78, 5) is 4.09. The first-order valence-electron chi connectivity index (χ1n) is 10.1. The molecular weight excluding hydrogens is 474 g/mol. The van der Waals surface area contributed by atoms with Gasteiger partial charge in [-0.3, -0.25) is 10.0 Å². The van der Waals surface area contributed by atoms with Crippen LogP contribution in [0.15, 0.2) is 48.7 Å². The number of hydrogen-bond donors (Lipinski definition) is 3. The number of nitrogens with one attached hydrogen (secondary N) is 2. The highest BCUT2D eigenvalue weighted by atomic mass is 35.5. The van der Waals surface area contributed by atoms with E-state index in [1.807, 2.05) is 0 Å². The molecule has 3 aromatic rings. The van der Waals surface area contributed by atoms with Gasteiger partial charge < -0.3 is 10.5 Å². The summed E-state index contributed by atoms with van der Waals surface area (Å²) in [6.07, 6.45) is 3.52. The van der Waals surface area contributed by atoms with Gasteiger partial charge in [0.15, 0.2) is 11.6 Å². The molecule has 0 unspecified atom stereocenters. The van der Waals surface area contributed by atoms with Crippen molar-refractivity contribution in [2.45, 2.75) is 25.5 Å². The lowest BCUT2D eigenvalue weighted by Crippen LogP contribution is -2.29. The average Bonchev–Trinajstić information content (AvgIpc) is 3.61. The van der Waals surface area contributed by atoms with Crippen molar-refractivity contribution in [3.63, 3.8) is 0 Å². The number of nitrogens with two attached hydrogens (primary N) is 1. The minimum Gasteiger partial charge on any atom is -0.485 e. The largest absolute Gasteiger partial charge is 0.485 e. The van der Waals surface area contributed by atoms with Gasteiger partial charge in [0.2, 0.25) is 10.0 Å². The first-order chi connectivity index (χ1) is 15.7. The summed E-state index contributed by atoms with van der Waals surface area (Å²) < 4.78 is 60.0. The molecule has 4 N–H and O–H groups in total. The molecule has 4 rings (SSSR count). The van der Waals surface area contributed by atoms with Gasteiger partial charge in [0, 0.05) is 29.1 Å². The summed E-state index contributed by atoms with van der Waals surface area (Å²) in [5, 5.41) is 2.60. The summed E-state index contributed by atoms with van der Waals surface area (Å²) in [5.74, 6) is -1.36. The van der Waals surface area contributed by atoms with Crippen molar-refractivity contribution < 1.29 is 21.9 Å². The van der Waals surface area contributed by atoms with Crippen LogP contribution in [0.1, 0.15) is 18.4 Å². The zero-order valence-electron chi connectivity index (χ0n) is 17.3. The Morgan fingerprint density at radius 3 is 2.48 bits per heavy atom. The van der Waals surface area contributed by atoms with Crippen LogP contribution in [0, 0.1) is 11.6 Å². The molecule has 174 valence electrons. The fourth-order valence-electron chi connectivity index (χ4n) is 3.04. The minimum absolute atomic E-state index is 0.0687. The van der Waals surface area contributed by atoms with Gasteiger partial charge >= 0.3 is 0 Å². The molecule has 1 aromatic heterocycles. The maximum Gasteiger partial charge on any atom is 0.245 e. The van der Waals surface area contributed by atoms with E-state index < -0.39 is 21.7 Å². The van der Waals surface area contributed by atoms with Crippen molar-refractivity contribution in [3.8, 4) is 16.9 Å². The van der Waals surface area contributed by atoms with Crippen LogP contribution in [0.5, 0.6) is 5.75 Å². The molecule has 0 radical (unpaired) electrons. The third-order valence-corrected chi connectivity index (χ3v) is 6.53. The Morgan fingerprint density at radius 2 is 1.79 bits per heavy atom. The number of nitrogen functional groups attached to an aromatic ring is 1. The summed E-state index contributed by atoms with van der Waals surface area (Å²) in [6, 6.07) is 10.5. The van der Waals surface area contributed by atoms with Crippen LogP contribution in [0.2, 0.25) is 5.02 Å². The standard InChI is InChI=1S/C22H21ClF2N4O3S/c23-21-17(18(24)7-8-19(21)25)11-32-20-9-14(10-27-22(20)26)13-1-3-16(4-2-13)29-33(30,31)12-28-15-5-6-15/h1-4,7-10,15,28-29H,5-6,11-12H2,(H2,26,27). The van der Waals surface area contributed by atoms with Gasteiger partial charge in [0.25, 0.3) is 0 Å². The highest BCUT2D eigenvalue weighted by Crippen LogP contribution is 2.30. The van der Waals surface area contributed by atoms with Crippen LogP contribution in [0.4, 0.5) is 20.3 Å². The molecule has 2 aromatic carbocycles. The molecule has 11 heteroatoms. The molecule has 1 fully saturated rings. The second-order valence-corrected chi connectivity index (χ2v) is 9.73. The SMILES string of the molecule is Nc1ncc(-c2ccc(NS(=O)(=O)CNC3CC3)cc2)cc1OCc1c(F)ccc(F)c1Cl. The first-order valence-corrected chi connectivity index (χ1v) is 12.1. The van der Waals surface area contributed by atoms with Gasteiger partial charge in [0.05, 0.1) is 5.02 Å². The van der Waals surface area contributed by atoms with Gasteiger partial charge in [-0.25, -0.2) is 22.2 Å². The van der Waals surface area contributed by atoms with Crippen molar-refractivity contribution in [1.29, 1.82) is 0 Å². The Hall–Kier alpha value is -2.95. The molecule has 33 heavy (non-hydrogen) atoms. The van der Waals surface area contributed by atoms with Gasteiger partial charge in [0.1, 0.15) is 24.1 Å². The minimum atomic E-state index is -3.50. The molecule has 1 aliphatic rings. The van der Waals surface area contributed by atoms with E-state index in [1.54, 1.807) is 30.3 Å². The zero-order chi connectivity index (χ0) is 23.6. The molecule has 0 saturated heterocycles. The second kappa shape index (κ2) is 9.50. The van der Waals surface area contributed by atoms with E-state index in [0.717, 1.165) is 30.5 Å². The fourth-order valence-corrected chi connectivity index (χ4v) is 4.27. The number of aromatic nitrogens is 1. The van der Waals surface area contributed by atoms with E-state index in [1.165, 1.54) is 6.20 Å². The van der Waals surface area contributed by atoms with Gasteiger partial charge in [-0.05, 0) is 48.7 Å². The molecule has 0 aliphatic heterocycles. The number of nitrogens with zero attached hydrogens (tertiary/aromatic N) is 1. The highest BCUT2D eigenvalue weighted by Gasteiger charge is 2.23. The zero-order valence-corrected chi connectivity index (χ0v) is 18.9. The molecular formula is C22H21ClF2N4O3S. The fraction of sp³-hybridized carbons (Fsp3) is 0.227. The number of ether oxygens (including phenoxy) is 1. The van der Waals surface area contributed by atoms with Crippen molar-refractivity contribution in [1.82, 2.24) is 10.3 Å². The van der Waals surface area contributed by atoms with Gasteiger partial charge in [-0.1, -0.05) is 23.7 Å². The Labute approximate surface area is 195 Å².